The van der Waals surface area contributed by atoms with Crippen molar-refractivity contribution in [2.45, 2.75) is 26.8 Å². The molecule has 0 saturated heterocycles. The summed E-state index contributed by atoms with van der Waals surface area (Å²) in [6, 6.07) is 5.27. The van der Waals surface area contributed by atoms with E-state index >= 15 is 0 Å². The number of aromatic nitrogens is 1. The van der Waals surface area contributed by atoms with Gasteiger partial charge in [0.15, 0.2) is 5.82 Å². The predicted molar refractivity (Wildman–Crippen MR) is 74.3 cm³/mol. The Morgan fingerprint density at radius 1 is 1.44 bits per heavy atom. The van der Waals surface area contributed by atoms with Gasteiger partial charge in [-0.2, -0.15) is 0 Å². The summed E-state index contributed by atoms with van der Waals surface area (Å²) in [4.78, 5) is 6.28. The maximum atomic E-state index is 14.2. The number of benzene rings is 1. The lowest BCUT2D eigenvalue weighted by Crippen LogP contribution is -2.31. The standard InChI is InChI=1S/C14H18FN3/c1-4-18(9(2)3)14-11(15)8-12(16)10-6-5-7-17-13(10)14/h5-9H,4,16H2,1-3H3. The van der Waals surface area contributed by atoms with E-state index in [1.165, 1.54) is 6.07 Å². The van der Waals surface area contributed by atoms with Crippen LogP contribution < -0.4 is 10.6 Å². The Morgan fingerprint density at radius 3 is 2.78 bits per heavy atom. The molecule has 0 atom stereocenters. The van der Waals surface area contributed by atoms with Crippen LogP contribution in [0.4, 0.5) is 15.8 Å². The third-order valence-electron chi connectivity index (χ3n) is 3.10. The number of halogens is 1. The average molecular weight is 247 g/mol. The zero-order chi connectivity index (χ0) is 13.3. The van der Waals surface area contributed by atoms with Gasteiger partial charge < -0.3 is 10.6 Å². The molecule has 1 aromatic heterocycles. The van der Waals surface area contributed by atoms with Gasteiger partial charge in [0.2, 0.25) is 0 Å². The molecule has 0 radical (unpaired) electrons. The Hall–Kier alpha value is -1.84. The van der Waals surface area contributed by atoms with Crippen molar-refractivity contribution in [3.63, 3.8) is 0 Å². The Balaban J connectivity index is 2.76. The fourth-order valence-electron chi connectivity index (χ4n) is 2.28. The van der Waals surface area contributed by atoms with Crippen molar-refractivity contribution < 1.29 is 4.39 Å². The molecule has 0 fully saturated rings. The Bertz CT molecular complexity index is 566. The number of nitrogen functional groups attached to an aromatic ring is 1. The van der Waals surface area contributed by atoms with Crippen molar-refractivity contribution in [3.8, 4) is 0 Å². The fourth-order valence-corrected chi connectivity index (χ4v) is 2.28. The highest BCUT2D eigenvalue weighted by Crippen LogP contribution is 2.33. The summed E-state index contributed by atoms with van der Waals surface area (Å²) in [7, 11) is 0. The number of rotatable bonds is 3. The van der Waals surface area contributed by atoms with Crippen molar-refractivity contribution in [1.29, 1.82) is 0 Å². The van der Waals surface area contributed by atoms with E-state index in [2.05, 4.69) is 4.98 Å². The molecule has 2 rings (SSSR count). The molecule has 0 saturated carbocycles. The van der Waals surface area contributed by atoms with E-state index in [0.717, 1.165) is 11.9 Å². The Morgan fingerprint density at radius 2 is 2.17 bits per heavy atom. The molecular weight excluding hydrogens is 229 g/mol. The average Bonchev–Trinajstić information content (AvgIpc) is 2.34. The van der Waals surface area contributed by atoms with E-state index in [9.17, 15) is 4.39 Å². The molecule has 0 bridgehead atoms. The van der Waals surface area contributed by atoms with E-state index in [0.29, 0.717) is 16.9 Å². The smallest absolute Gasteiger partial charge is 0.150 e. The van der Waals surface area contributed by atoms with Crippen molar-refractivity contribution >= 4 is 22.3 Å². The third kappa shape index (κ3) is 1.98. The number of nitrogens with zero attached hydrogens (tertiary/aromatic N) is 2. The first kappa shape index (κ1) is 12.6. The van der Waals surface area contributed by atoms with Crippen LogP contribution >= 0.6 is 0 Å². The van der Waals surface area contributed by atoms with Crippen LogP contribution in [0.5, 0.6) is 0 Å². The fraction of sp³-hybridized carbons (Fsp3) is 0.357. The normalized spacial score (nSPS) is 11.2. The molecule has 18 heavy (non-hydrogen) atoms. The van der Waals surface area contributed by atoms with Gasteiger partial charge in [-0.1, -0.05) is 0 Å². The van der Waals surface area contributed by atoms with Crippen molar-refractivity contribution in [3.05, 3.63) is 30.2 Å². The summed E-state index contributed by atoms with van der Waals surface area (Å²) in [6.07, 6.45) is 1.67. The zero-order valence-electron chi connectivity index (χ0n) is 10.9. The lowest BCUT2D eigenvalue weighted by atomic mass is 10.1. The first-order valence-electron chi connectivity index (χ1n) is 6.15. The Kier molecular flexibility index (Phi) is 3.36. The molecule has 0 amide bonds. The molecule has 3 nitrogen and oxygen atoms in total. The highest BCUT2D eigenvalue weighted by molar-refractivity contribution is 5.98. The monoisotopic (exact) mass is 247 g/mol. The van der Waals surface area contributed by atoms with E-state index < -0.39 is 0 Å². The van der Waals surface area contributed by atoms with E-state index in [-0.39, 0.29) is 11.9 Å². The van der Waals surface area contributed by atoms with Crippen molar-refractivity contribution in [2.75, 3.05) is 17.2 Å². The van der Waals surface area contributed by atoms with Gasteiger partial charge in [0.1, 0.15) is 0 Å². The number of nitrogens with two attached hydrogens (primary N) is 1. The molecule has 96 valence electrons. The summed E-state index contributed by atoms with van der Waals surface area (Å²) in [6.45, 7) is 6.80. The van der Waals surface area contributed by atoms with Crippen LogP contribution in [0.15, 0.2) is 24.4 Å². The maximum absolute atomic E-state index is 14.2. The first-order valence-corrected chi connectivity index (χ1v) is 6.15. The topological polar surface area (TPSA) is 42.1 Å². The molecule has 0 spiro atoms. The SMILES string of the molecule is CCN(c1c(F)cc(N)c2cccnc12)C(C)C. The largest absolute Gasteiger partial charge is 0.398 e. The highest BCUT2D eigenvalue weighted by Gasteiger charge is 2.18. The second-order valence-electron chi connectivity index (χ2n) is 4.58. The van der Waals surface area contributed by atoms with Crippen LogP contribution in [0.25, 0.3) is 10.9 Å². The lowest BCUT2D eigenvalue weighted by molar-refractivity contribution is 0.607. The number of hydrogen-bond acceptors (Lipinski definition) is 3. The second-order valence-corrected chi connectivity index (χ2v) is 4.58. The van der Waals surface area contributed by atoms with E-state index in [1.807, 2.05) is 37.8 Å². The quantitative estimate of drug-likeness (QED) is 0.847. The molecule has 2 N–H and O–H groups in total. The molecule has 0 aliphatic heterocycles. The van der Waals surface area contributed by atoms with E-state index in [1.54, 1.807) is 6.20 Å². The molecular formula is C14H18FN3. The number of anilines is 2. The molecule has 2 aromatic rings. The number of pyridine rings is 1. The van der Waals surface area contributed by atoms with Gasteiger partial charge in [-0.05, 0) is 39.0 Å². The molecule has 1 heterocycles. The first-order chi connectivity index (χ1) is 8.56. The summed E-state index contributed by atoms with van der Waals surface area (Å²) >= 11 is 0. The van der Waals surface area contributed by atoms with Gasteiger partial charge in [-0.15, -0.1) is 0 Å². The summed E-state index contributed by atoms with van der Waals surface area (Å²) in [5.41, 5.74) is 7.44. The van der Waals surface area contributed by atoms with Gasteiger partial charge in [-0.3, -0.25) is 4.98 Å². The second kappa shape index (κ2) is 4.80. The van der Waals surface area contributed by atoms with Crippen LogP contribution in [0.1, 0.15) is 20.8 Å². The molecule has 4 heteroatoms. The van der Waals surface area contributed by atoms with Crippen molar-refractivity contribution in [2.24, 2.45) is 0 Å². The number of fused-ring (bicyclic) bond motifs is 1. The minimum Gasteiger partial charge on any atom is -0.398 e. The molecule has 0 unspecified atom stereocenters. The maximum Gasteiger partial charge on any atom is 0.150 e. The van der Waals surface area contributed by atoms with Gasteiger partial charge in [-0.25, -0.2) is 4.39 Å². The van der Waals surface area contributed by atoms with Gasteiger partial charge in [0, 0.05) is 29.9 Å². The van der Waals surface area contributed by atoms with Crippen molar-refractivity contribution in [1.82, 2.24) is 4.98 Å². The Labute approximate surface area is 106 Å². The summed E-state index contributed by atoms with van der Waals surface area (Å²) in [5, 5.41) is 0.799. The predicted octanol–water partition coefficient (Wildman–Crippen LogP) is 3.19. The van der Waals surface area contributed by atoms with E-state index in [4.69, 9.17) is 5.73 Å². The molecule has 0 aliphatic rings. The van der Waals surface area contributed by atoms with Crippen LogP contribution in [0.3, 0.4) is 0 Å². The molecule has 0 aliphatic carbocycles. The third-order valence-corrected chi connectivity index (χ3v) is 3.10. The zero-order valence-corrected chi connectivity index (χ0v) is 10.9. The lowest BCUT2D eigenvalue weighted by Gasteiger charge is -2.28. The van der Waals surface area contributed by atoms with Gasteiger partial charge in [0.05, 0.1) is 11.2 Å². The highest BCUT2D eigenvalue weighted by atomic mass is 19.1. The van der Waals surface area contributed by atoms with Gasteiger partial charge in [0.25, 0.3) is 0 Å². The van der Waals surface area contributed by atoms with Crippen LogP contribution in [-0.2, 0) is 0 Å². The summed E-state index contributed by atoms with van der Waals surface area (Å²) < 4.78 is 14.2. The van der Waals surface area contributed by atoms with Gasteiger partial charge >= 0.3 is 0 Å². The van der Waals surface area contributed by atoms with Crippen LogP contribution in [0.2, 0.25) is 0 Å². The van der Waals surface area contributed by atoms with Crippen LogP contribution in [-0.4, -0.2) is 17.6 Å². The summed E-state index contributed by atoms with van der Waals surface area (Å²) in [5.74, 6) is -0.311. The minimum absolute atomic E-state index is 0.207. The number of hydrogen-bond donors (Lipinski definition) is 1. The minimum atomic E-state index is -0.311. The van der Waals surface area contributed by atoms with Crippen LogP contribution in [0, 0.1) is 5.82 Å². The molecule has 1 aromatic carbocycles.